The van der Waals surface area contributed by atoms with Crippen LogP contribution in [0, 0.1) is 0 Å². The van der Waals surface area contributed by atoms with Gasteiger partial charge in [0.1, 0.15) is 5.69 Å². The maximum Gasteiger partial charge on any atom is 0.270 e. The van der Waals surface area contributed by atoms with Gasteiger partial charge in [0.15, 0.2) is 0 Å². The van der Waals surface area contributed by atoms with E-state index in [-0.39, 0.29) is 11.9 Å². The van der Waals surface area contributed by atoms with Crippen molar-refractivity contribution < 1.29 is 9.53 Å². The van der Waals surface area contributed by atoms with E-state index in [2.05, 4.69) is 0 Å². The Labute approximate surface area is 108 Å². The van der Waals surface area contributed by atoms with Gasteiger partial charge in [-0.2, -0.15) is 0 Å². The second kappa shape index (κ2) is 5.44. The average Bonchev–Trinajstić information content (AvgIpc) is 2.56. The number of nitrogens with zero attached hydrogens (tertiary/aromatic N) is 2. The Morgan fingerprint density at radius 2 is 2.17 bits per heavy atom. The van der Waals surface area contributed by atoms with Crippen molar-refractivity contribution in [2.24, 2.45) is 0 Å². The van der Waals surface area contributed by atoms with Gasteiger partial charge in [0, 0.05) is 31.9 Å². The largest absolute Gasteiger partial charge is 0.397 e. The summed E-state index contributed by atoms with van der Waals surface area (Å²) in [5.41, 5.74) is 7.11. The Balaban J connectivity index is 2.21. The van der Waals surface area contributed by atoms with Crippen molar-refractivity contribution in [2.75, 3.05) is 32.0 Å². The summed E-state index contributed by atoms with van der Waals surface area (Å²) in [5, 5.41) is 0. The molecule has 100 valence electrons. The summed E-state index contributed by atoms with van der Waals surface area (Å²) >= 11 is 0. The highest BCUT2D eigenvalue weighted by molar-refractivity contribution is 5.94. The van der Waals surface area contributed by atoms with Crippen LogP contribution >= 0.6 is 0 Å². The van der Waals surface area contributed by atoms with Gasteiger partial charge in [-0.3, -0.25) is 4.79 Å². The Hall–Kier alpha value is -1.49. The molecule has 5 heteroatoms. The van der Waals surface area contributed by atoms with Crippen LogP contribution in [0.25, 0.3) is 0 Å². The molecule has 0 saturated carbocycles. The van der Waals surface area contributed by atoms with Crippen LogP contribution in [0.1, 0.15) is 36.8 Å². The smallest absolute Gasteiger partial charge is 0.270 e. The summed E-state index contributed by atoms with van der Waals surface area (Å²) in [6, 6.07) is 1.98. The third-order valence-electron chi connectivity index (χ3n) is 3.15. The number of nitrogens with two attached hydrogens (primary N) is 1. The van der Waals surface area contributed by atoms with Crippen molar-refractivity contribution in [1.82, 2.24) is 9.47 Å². The normalized spacial score (nSPS) is 16.9. The lowest BCUT2D eigenvalue weighted by atomic mass is 10.3. The molecule has 5 nitrogen and oxygen atoms in total. The van der Waals surface area contributed by atoms with Crippen LogP contribution in [-0.4, -0.2) is 41.7 Å². The Morgan fingerprint density at radius 1 is 1.39 bits per heavy atom. The number of carbonyl (C=O) groups is 1. The first-order valence-corrected chi connectivity index (χ1v) is 6.44. The average molecular weight is 251 g/mol. The van der Waals surface area contributed by atoms with Gasteiger partial charge >= 0.3 is 0 Å². The van der Waals surface area contributed by atoms with Crippen molar-refractivity contribution in [3.05, 3.63) is 18.0 Å². The fourth-order valence-electron chi connectivity index (χ4n) is 2.21. The maximum absolute atomic E-state index is 12.5. The van der Waals surface area contributed by atoms with E-state index in [1.165, 1.54) is 0 Å². The molecule has 1 amide bonds. The zero-order valence-electron chi connectivity index (χ0n) is 11.1. The molecule has 1 aliphatic heterocycles. The van der Waals surface area contributed by atoms with Gasteiger partial charge in [0.05, 0.1) is 12.3 Å². The molecule has 1 saturated heterocycles. The summed E-state index contributed by atoms with van der Waals surface area (Å²) in [4.78, 5) is 14.3. The Morgan fingerprint density at radius 3 is 2.89 bits per heavy atom. The summed E-state index contributed by atoms with van der Waals surface area (Å²) in [6.45, 7) is 6.84. The molecule has 1 aromatic heterocycles. The van der Waals surface area contributed by atoms with E-state index in [0.29, 0.717) is 24.5 Å². The number of hydrogen-bond donors (Lipinski definition) is 1. The van der Waals surface area contributed by atoms with Crippen molar-refractivity contribution in [2.45, 2.75) is 26.3 Å². The van der Waals surface area contributed by atoms with Crippen LogP contribution in [0.3, 0.4) is 0 Å². The summed E-state index contributed by atoms with van der Waals surface area (Å²) in [6.07, 6.45) is 2.72. The number of nitrogen functional groups attached to an aromatic ring is 1. The molecule has 0 bridgehead atoms. The van der Waals surface area contributed by atoms with Gasteiger partial charge in [-0.1, -0.05) is 0 Å². The van der Waals surface area contributed by atoms with Crippen LogP contribution in [0.4, 0.5) is 5.69 Å². The summed E-state index contributed by atoms with van der Waals surface area (Å²) in [7, 11) is 0. The molecule has 1 fully saturated rings. The van der Waals surface area contributed by atoms with Crippen molar-refractivity contribution in [3.63, 3.8) is 0 Å². The minimum Gasteiger partial charge on any atom is -0.397 e. The highest BCUT2D eigenvalue weighted by Crippen LogP contribution is 2.18. The fourth-order valence-corrected chi connectivity index (χ4v) is 2.21. The van der Waals surface area contributed by atoms with Crippen LogP contribution in [0.2, 0.25) is 0 Å². The van der Waals surface area contributed by atoms with Crippen LogP contribution in [0.5, 0.6) is 0 Å². The predicted molar refractivity (Wildman–Crippen MR) is 70.6 cm³/mol. The van der Waals surface area contributed by atoms with Crippen LogP contribution < -0.4 is 5.73 Å². The number of amides is 1. The van der Waals surface area contributed by atoms with Gasteiger partial charge in [0.2, 0.25) is 0 Å². The number of anilines is 1. The van der Waals surface area contributed by atoms with Gasteiger partial charge in [-0.05, 0) is 26.3 Å². The Kier molecular flexibility index (Phi) is 3.91. The molecular weight excluding hydrogens is 230 g/mol. The third kappa shape index (κ3) is 2.67. The standard InChI is InChI=1S/C13H21N3O2/c1-10(2)16-9-11(14)8-12(16)13(17)15-4-3-6-18-7-5-15/h8-10H,3-7,14H2,1-2H3. The maximum atomic E-state index is 12.5. The summed E-state index contributed by atoms with van der Waals surface area (Å²) < 4.78 is 7.30. The molecule has 2 heterocycles. The van der Waals surface area contributed by atoms with Crippen molar-refractivity contribution in [3.8, 4) is 0 Å². The lowest BCUT2D eigenvalue weighted by Gasteiger charge is -2.21. The van der Waals surface area contributed by atoms with E-state index >= 15 is 0 Å². The Bertz CT molecular complexity index is 418. The minimum atomic E-state index is 0.0471. The second-order valence-electron chi connectivity index (χ2n) is 4.92. The lowest BCUT2D eigenvalue weighted by Crippen LogP contribution is -2.34. The minimum absolute atomic E-state index is 0.0471. The molecule has 0 unspecified atom stereocenters. The summed E-state index contributed by atoms with van der Waals surface area (Å²) in [5.74, 6) is 0.0471. The van der Waals surface area contributed by atoms with Gasteiger partial charge in [0.25, 0.3) is 5.91 Å². The topological polar surface area (TPSA) is 60.5 Å². The third-order valence-corrected chi connectivity index (χ3v) is 3.15. The van der Waals surface area contributed by atoms with Gasteiger partial charge < -0.3 is 19.9 Å². The van der Waals surface area contributed by atoms with E-state index in [0.717, 1.165) is 19.6 Å². The zero-order valence-corrected chi connectivity index (χ0v) is 11.1. The van der Waals surface area contributed by atoms with E-state index in [1.54, 1.807) is 6.07 Å². The molecule has 1 aromatic rings. The quantitative estimate of drug-likeness (QED) is 0.866. The first-order valence-electron chi connectivity index (χ1n) is 6.44. The predicted octanol–water partition coefficient (Wildman–Crippen LogP) is 1.51. The molecule has 0 aromatic carbocycles. The van der Waals surface area contributed by atoms with Crippen molar-refractivity contribution >= 4 is 11.6 Å². The van der Waals surface area contributed by atoms with Crippen molar-refractivity contribution in [1.29, 1.82) is 0 Å². The molecule has 0 radical (unpaired) electrons. The van der Waals surface area contributed by atoms with Gasteiger partial charge in [-0.25, -0.2) is 0 Å². The molecular formula is C13H21N3O2. The fraction of sp³-hybridized carbons (Fsp3) is 0.615. The molecule has 18 heavy (non-hydrogen) atoms. The van der Waals surface area contributed by atoms with Gasteiger partial charge in [-0.15, -0.1) is 0 Å². The number of hydrogen-bond acceptors (Lipinski definition) is 3. The number of carbonyl (C=O) groups excluding carboxylic acids is 1. The van der Waals surface area contributed by atoms with Crippen LogP contribution in [-0.2, 0) is 4.74 Å². The second-order valence-corrected chi connectivity index (χ2v) is 4.92. The SMILES string of the molecule is CC(C)n1cc(N)cc1C(=O)N1CCCOCC1. The first-order chi connectivity index (χ1) is 8.59. The highest BCUT2D eigenvalue weighted by atomic mass is 16.5. The molecule has 2 N–H and O–H groups in total. The number of ether oxygens (including phenoxy) is 1. The molecule has 1 aliphatic rings. The van der Waals surface area contributed by atoms with Crippen LogP contribution in [0.15, 0.2) is 12.3 Å². The van der Waals surface area contributed by atoms with E-state index in [9.17, 15) is 4.79 Å². The molecule has 0 aliphatic carbocycles. The molecule has 2 rings (SSSR count). The lowest BCUT2D eigenvalue weighted by molar-refractivity contribution is 0.0729. The zero-order chi connectivity index (χ0) is 13.1. The van der Waals surface area contributed by atoms with E-state index < -0.39 is 0 Å². The first kappa shape index (κ1) is 13.0. The van der Waals surface area contributed by atoms with E-state index in [4.69, 9.17) is 10.5 Å². The monoisotopic (exact) mass is 251 g/mol. The number of rotatable bonds is 2. The molecule has 0 spiro atoms. The number of aromatic nitrogens is 1. The molecule has 0 atom stereocenters. The van der Waals surface area contributed by atoms with E-state index in [1.807, 2.05) is 29.5 Å². The highest BCUT2D eigenvalue weighted by Gasteiger charge is 2.21.